The zero-order valence-corrected chi connectivity index (χ0v) is 15.3. The van der Waals surface area contributed by atoms with Gasteiger partial charge in [-0.05, 0) is 51.8 Å². The van der Waals surface area contributed by atoms with Crippen LogP contribution in [-0.4, -0.2) is 53.2 Å². The number of amides is 3. The van der Waals surface area contributed by atoms with E-state index in [4.69, 9.17) is 0 Å². The lowest BCUT2D eigenvalue weighted by molar-refractivity contribution is -0.140. The van der Waals surface area contributed by atoms with Crippen molar-refractivity contribution in [3.05, 3.63) is 28.8 Å². The van der Waals surface area contributed by atoms with E-state index in [1.807, 2.05) is 32.9 Å². The third-order valence-corrected chi connectivity index (χ3v) is 4.94. The number of likely N-dealkylation sites (N-methyl/N-ethyl adjacent to an activating group) is 1. The molecule has 0 radical (unpaired) electrons. The summed E-state index contributed by atoms with van der Waals surface area (Å²) in [4.78, 5) is 40.0. The first kappa shape index (κ1) is 17.6. The average Bonchev–Trinajstić information content (AvgIpc) is 3.28. The van der Waals surface area contributed by atoms with Crippen LogP contribution in [0.5, 0.6) is 0 Å². The fourth-order valence-corrected chi connectivity index (χ4v) is 3.59. The quantitative estimate of drug-likeness (QED) is 0.827. The van der Waals surface area contributed by atoms with Gasteiger partial charge in [0.2, 0.25) is 17.7 Å². The lowest BCUT2D eigenvalue weighted by atomic mass is 10.1. The molecule has 1 saturated carbocycles. The van der Waals surface area contributed by atoms with Gasteiger partial charge in [-0.15, -0.1) is 0 Å². The number of nitrogens with zero attached hydrogens (tertiary/aromatic N) is 2. The van der Waals surface area contributed by atoms with Crippen LogP contribution in [0, 0.1) is 20.8 Å². The summed E-state index contributed by atoms with van der Waals surface area (Å²) in [7, 11) is 1.72. The van der Waals surface area contributed by atoms with Crippen molar-refractivity contribution in [1.29, 1.82) is 0 Å². The van der Waals surface area contributed by atoms with Crippen LogP contribution in [0.4, 0.5) is 5.69 Å². The van der Waals surface area contributed by atoms with E-state index in [1.165, 1.54) is 4.90 Å². The predicted molar refractivity (Wildman–Crippen MR) is 95.2 cm³/mol. The fraction of sp³-hybridized carbons (Fsp3) is 0.526. The number of aryl methyl sites for hydroxylation is 3. The number of hydrogen-bond acceptors (Lipinski definition) is 4. The molecule has 1 aliphatic carbocycles. The van der Waals surface area contributed by atoms with E-state index in [0.29, 0.717) is 0 Å². The number of hydrogen-bond donors (Lipinski definition) is 1. The van der Waals surface area contributed by atoms with Crippen molar-refractivity contribution in [2.45, 2.75) is 52.1 Å². The first-order chi connectivity index (χ1) is 11.8. The minimum absolute atomic E-state index is 0.0783. The molecule has 1 aromatic carbocycles. The fourth-order valence-electron chi connectivity index (χ4n) is 3.59. The van der Waals surface area contributed by atoms with Gasteiger partial charge in [0.25, 0.3) is 0 Å². The number of carbonyl (C=O) groups excluding carboxylic acids is 3. The van der Waals surface area contributed by atoms with Crippen LogP contribution in [0.2, 0.25) is 0 Å². The molecule has 3 amide bonds. The molecule has 0 spiro atoms. The molecule has 134 valence electrons. The first-order valence-electron chi connectivity index (χ1n) is 8.71. The number of imide groups is 1. The summed E-state index contributed by atoms with van der Waals surface area (Å²) in [5.74, 6) is -0.455. The molecule has 1 saturated heterocycles. The molecule has 0 aromatic heterocycles. The van der Waals surface area contributed by atoms with E-state index < -0.39 is 6.04 Å². The molecule has 2 aliphatic rings. The van der Waals surface area contributed by atoms with Gasteiger partial charge in [-0.3, -0.25) is 24.2 Å². The summed E-state index contributed by atoms with van der Waals surface area (Å²) in [6.45, 7) is 6.03. The zero-order valence-electron chi connectivity index (χ0n) is 15.3. The standard InChI is InChI=1S/C19H25N3O3/c1-11-7-12(2)18(13(3)8-11)20-16(23)10-21(4)15-9-17(24)22(19(15)25)14-5-6-14/h7-8,14-15H,5-6,9-10H2,1-4H3,(H,20,23). The normalized spacial score (nSPS) is 20.5. The Labute approximate surface area is 148 Å². The lowest BCUT2D eigenvalue weighted by Gasteiger charge is -2.23. The summed E-state index contributed by atoms with van der Waals surface area (Å²) in [5.41, 5.74) is 4.00. The molecule has 3 rings (SSSR count). The van der Waals surface area contributed by atoms with Gasteiger partial charge < -0.3 is 5.32 Å². The molecular weight excluding hydrogens is 318 g/mol. The van der Waals surface area contributed by atoms with Gasteiger partial charge in [-0.1, -0.05) is 17.7 Å². The van der Waals surface area contributed by atoms with Crippen LogP contribution in [-0.2, 0) is 14.4 Å². The highest BCUT2D eigenvalue weighted by Gasteiger charge is 2.47. The van der Waals surface area contributed by atoms with Crippen molar-refractivity contribution in [3.8, 4) is 0 Å². The van der Waals surface area contributed by atoms with Gasteiger partial charge in [0.05, 0.1) is 19.0 Å². The molecule has 6 heteroatoms. The minimum Gasteiger partial charge on any atom is -0.324 e. The van der Waals surface area contributed by atoms with Gasteiger partial charge >= 0.3 is 0 Å². The molecule has 6 nitrogen and oxygen atoms in total. The number of rotatable bonds is 5. The molecule has 1 N–H and O–H groups in total. The Bertz CT molecular complexity index is 716. The zero-order chi connectivity index (χ0) is 18.3. The van der Waals surface area contributed by atoms with Crippen LogP contribution in [0.1, 0.15) is 36.0 Å². The maximum atomic E-state index is 12.5. The Morgan fingerprint density at radius 2 is 1.80 bits per heavy atom. The van der Waals surface area contributed by atoms with Gasteiger partial charge in [0.1, 0.15) is 0 Å². The highest BCUT2D eigenvalue weighted by molar-refractivity contribution is 6.06. The lowest BCUT2D eigenvalue weighted by Crippen LogP contribution is -2.43. The maximum Gasteiger partial charge on any atom is 0.247 e. The van der Waals surface area contributed by atoms with Gasteiger partial charge in [0, 0.05) is 11.7 Å². The largest absolute Gasteiger partial charge is 0.324 e. The summed E-state index contributed by atoms with van der Waals surface area (Å²) < 4.78 is 0. The third kappa shape index (κ3) is 3.58. The number of benzene rings is 1. The second-order valence-corrected chi connectivity index (χ2v) is 7.29. The van der Waals surface area contributed by atoms with E-state index in [0.717, 1.165) is 35.2 Å². The Hall–Kier alpha value is -2.21. The molecule has 1 aromatic rings. The number of nitrogens with one attached hydrogen (secondary N) is 1. The van der Waals surface area contributed by atoms with E-state index in [2.05, 4.69) is 5.32 Å². The molecule has 1 aliphatic heterocycles. The van der Waals surface area contributed by atoms with Crippen molar-refractivity contribution >= 4 is 23.4 Å². The van der Waals surface area contributed by atoms with E-state index >= 15 is 0 Å². The first-order valence-corrected chi connectivity index (χ1v) is 8.71. The minimum atomic E-state index is -0.529. The molecule has 25 heavy (non-hydrogen) atoms. The SMILES string of the molecule is Cc1cc(C)c(NC(=O)CN(C)C2CC(=O)N(C3CC3)C2=O)c(C)c1. The van der Waals surface area contributed by atoms with Crippen LogP contribution in [0.15, 0.2) is 12.1 Å². The Balaban J connectivity index is 1.63. The summed E-state index contributed by atoms with van der Waals surface area (Å²) in [6.07, 6.45) is 1.97. The second-order valence-electron chi connectivity index (χ2n) is 7.29. The van der Waals surface area contributed by atoms with E-state index in [9.17, 15) is 14.4 Å². The Morgan fingerprint density at radius 3 is 2.36 bits per heavy atom. The van der Waals surface area contributed by atoms with Gasteiger partial charge in [-0.2, -0.15) is 0 Å². The summed E-state index contributed by atoms with van der Waals surface area (Å²) >= 11 is 0. The van der Waals surface area contributed by atoms with Crippen LogP contribution in [0.3, 0.4) is 0 Å². The molecule has 2 fully saturated rings. The topological polar surface area (TPSA) is 69.7 Å². The smallest absolute Gasteiger partial charge is 0.247 e. The van der Waals surface area contributed by atoms with Crippen molar-refractivity contribution in [2.24, 2.45) is 0 Å². The van der Waals surface area contributed by atoms with Crippen molar-refractivity contribution < 1.29 is 14.4 Å². The summed E-state index contributed by atoms with van der Waals surface area (Å²) in [6, 6.07) is 3.61. The van der Waals surface area contributed by atoms with Crippen molar-refractivity contribution in [2.75, 3.05) is 18.9 Å². The van der Waals surface area contributed by atoms with E-state index in [-0.39, 0.29) is 36.7 Å². The summed E-state index contributed by atoms with van der Waals surface area (Å²) in [5, 5.41) is 2.94. The predicted octanol–water partition coefficient (Wildman–Crippen LogP) is 1.77. The number of anilines is 1. The van der Waals surface area contributed by atoms with Crippen LogP contribution in [0.25, 0.3) is 0 Å². The Kier molecular flexibility index (Phi) is 4.64. The number of likely N-dealkylation sites (tertiary alicyclic amines) is 1. The van der Waals surface area contributed by atoms with Gasteiger partial charge in [-0.25, -0.2) is 0 Å². The maximum absolute atomic E-state index is 12.5. The van der Waals surface area contributed by atoms with Crippen molar-refractivity contribution in [3.63, 3.8) is 0 Å². The second kappa shape index (κ2) is 6.59. The molecule has 1 atom stereocenters. The third-order valence-electron chi connectivity index (χ3n) is 4.94. The highest BCUT2D eigenvalue weighted by Crippen LogP contribution is 2.32. The van der Waals surface area contributed by atoms with Gasteiger partial charge in [0.15, 0.2) is 0 Å². The van der Waals surface area contributed by atoms with Crippen molar-refractivity contribution in [1.82, 2.24) is 9.80 Å². The molecule has 1 unspecified atom stereocenters. The average molecular weight is 343 g/mol. The van der Waals surface area contributed by atoms with E-state index in [1.54, 1.807) is 11.9 Å². The molecule has 0 bridgehead atoms. The molecule has 1 heterocycles. The van der Waals surface area contributed by atoms with Crippen LogP contribution < -0.4 is 5.32 Å². The Morgan fingerprint density at radius 1 is 1.20 bits per heavy atom. The monoisotopic (exact) mass is 343 g/mol. The molecular formula is C19H25N3O3. The number of carbonyl (C=O) groups is 3. The highest BCUT2D eigenvalue weighted by atomic mass is 16.2. The van der Waals surface area contributed by atoms with Crippen LogP contribution >= 0.6 is 0 Å².